The smallest absolute Gasteiger partial charge is 0.317 e. The Hall–Kier alpha value is -1.89. The number of hydrogen-bond donors (Lipinski definition) is 1. The minimum atomic E-state index is -0.0812. The number of likely N-dealkylation sites (tertiary alicyclic amines) is 1. The zero-order valence-electron chi connectivity index (χ0n) is 10.9. The van der Waals surface area contributed by atoms with Gasteiger partial charge in [0.05, 0.1) is 13.2 Å². The molecule has 2 amide bonds. The van der Waals surface area contributed by atoms with Gasteiger partial charge in [0, 0.05) is 38.9 Å². The molecule has 1 aliphatic rings. The number of urea groups is 1. The maximum Gasteiger partial charge on any atom is 0.317 e. The van der Waals surface area contributed by atoms with E-state index in [2.05, 4.69) is 15.5 Å². The van der Waals surface area contributed by atoms with Crippen LogP contribution in [0.15, 0.2) is 18.3 Å². The maximum absolute atomic E-state index is 11.8. The summed E-state index contributed by atoms with van der Waals surface area (Å²) in [4.78, 5) is 13.5. The van der Waals surface area contributed by atoms with Gasteiger partial charge in [-0.1, -0.05) is 0 Å². The van der Waals surface area contributed by atoms with Crippen molar-refractivity contribution in [2.45, 2.75) is 12.5 Å². The van der Waals surface area contributed by atoms with Crippen molar-refractivity contribution in [3.8, 4) is 5.88 Å². The van der Waals surface area contributed by atoms with Crippen LogP contribution in [0.3, 0.4) is 0 Å². The topological polar surface area (TPSA) is 76.6 Å². The molecule has 104 valence electrons. The largest absolute Gasteiger partial charge is 0.471 e. The Bertz CT molecular complexity index is 401. The lowest BCUT2D eigenvalue weighted by Gasteiger charge is -2.17. The molecule has 0 aliphatic carbocycles. The van der Waals surface area contributed by atoms with Gasteiger partial charge >= 0.3 is 6.03 Å². The lowest BCUT2D eigenvalue weighted by atomic mass is 10.3. The molecule has 1 atom stereocenters. The van der Waals surface area contributed by atoms with E-state index in [1.807, 2.05) is 0 Å². The Morgan fingerprint density at radius 1 is 1.63 bits per heavy atom. The van der Waals surface area contributed by atoms with Crippen LogP contribution in [-0.4, -0.2) is 60.6 Å². The fourth-order valence-corrected chi connectivity index (χ4v) is 1.90. The monoisotopic (exact) mass is 266 g/mol. The van der Waals surface area contributed by atoms with Crippen molar-refractivity contribution in [2.75, 3.05) is 33.4 Å². The van der Waals surface area contributed by atoms with Crippen molar-refractivity contribution in [3.05, 3.63) is 18.3 Å². The van der Waals surface area contributed by atoms with Gasteiger partial charge < -0.3 is 19.7 Å². The van der Waals surface area contributed by atoms with Gasteiger partial charge in [0.2, 0.25) is 5.88 Å². The van der Waals surface area contributed by atoms with Gasteiger partial charge in [0.1, 0.15) is 6.10 Å². The average molecular weight is 266 g/mol. The number of hydrogen-bond acceptors (Lipinski definition) is 5. The predicted octanol–water partition coefficient (Wildman–Crippen LogP) is 0.286. The summed E-state index contributed by atoms with van der Waals surface area (Å²) in [6, 6.07) is 3.45. The minimum Gasteiger partial charge on any atom is -0.471 e. The van der Waals surface area contributed by atoms with Crippen LogP contribution in [0.2, 0.25) is 0 Å². The molecule has 2 rings (SSSR count). The van der Waals surface area contributed by atoms with Crippen molar-refractivity contribution in [2.24, 2.45) is 0 Å². The second-order valence-corrected chi connectivity index (χ2v) is 4.26. The number of rotatable bonds is 5. The Kier molecular flexibility index (Phi) is 4.91. The first kappa shape index (κ1) is 13.5. The Labute approximate surface area is 111 Å². The molecule has 0 aromatic carbocycles. The molecule has 1 fully saturated rings. The molecular formula is C12H18N4O3. The van der Waals surface area contributed by atoms with E-state index in [1.165, 1.54) is 0 Å². The summed E-state index contributed by atoms with van der Waals surface area (Å²) in [6.07, 6.45) is 2.37. The lowest BCUT2D eigenvalue weighted by Crippen LogP contribution is -2.40. The molecule has 1 saturated heterocycles. The summed E-state index contributed by atoms with van der Waals surface area (Å²) in [7, 11) is 1.60. The molecular weight excluding hydrogens is 248 g/mol. The zero-order chi connectivity index (χ0) is 13.5. The third kappa shape index (κ3) is 4.06. The lowest BCUT2D eigenvalue weighted by molar-refractivity contribution is 0.173. The average Bonchev–Trinajstić information content (AvgIpc) is 2.89. The molecule has 1 aliphatic heterocycles. The summed E-state index contributed by atoms with van der Waals surface area (Å²) in [5, 5.41) is 10.4. The summed E-state index contributed by atoms with van der Waals surface area (Å²) in [6.45, 7) is 2.28. The predicted molar refractivity (Wildman–Crippen MR) is 67.9 cm³/mol. The SMILES string of the molecule is COCCNC(=O)N1CCC(Oc2cccnn2)C1. The van der Waals surface area contributed by atoms with E-state index in [0.29, 0.717) is 32.1 Å². The summed E-state index contributed by atoms with van der Waals surface area (Å²) >= 11 is 0. The van der Waals surface area contributed by atoms with Crippen LogP contribution in [0.4, 0.5) is 4.79 Å². The number of carbonyl (C=O) groups excluding carboxylic acids is 1. The van der Waals surface area contributed by atoms with E-state index in [1.54, 1.807) is 30.3 Å². The molecule has 1 unspecified atom stereocenters. The van der Waals surface area contributed by atoms with E-state index in [0.717, 1.165) is 6.42 Å². The zero-order valence-corrected chi connectivity index (χ0v) is 10.9. The maximum atomic E-state index is 11.8. The second kappa shape index (κ2) is 6.89. The highest BCUT2D eigenvalue weighted by Crippen LogP contribution is 2.15. The molecule has 0 radical (unpaired) electrons. The van der Waals surface area contributed by atoms with Crippen molar-refractivity contribution in [3.63, 3.8) is 0 Å². The van der Waals surface area contributed by atoms with Gasteiger partial charge in [-0.05, 0) is 6.07 Å². The van der Waals surface area contributed by atoms with Crippen LogP contribution >= 0.6 is 0 Å². The van der Waals surface area contributed by atoms with Crippen molar-refractivity contribution in [1.29, 1.82) is 0 Å². The number of methoxy groups -OCH3 is 1. The van der Waals surface area contributed by atoms with Crippen molar-refractivity contribution in [1.82, 2.24) is 20.4 Å². The van der Waals surface area contributed by atoms with E-state index in [4.69, 9.17) is 9.47 Å². The van der Waals surface area contributed by atoms with Crippen molar-refractivity contribution < 1.29 is 14.3 Å². The van der Waals surface area contributed by atoms with E-state index >= 15 is 0 Å². The van der Waals surface area contributed by atoms with Crippen LogP contribution in [0.5, 0.6) is 5.88 Å². The van der Waals surface area contributed by atoms with E-state index in [9.17, 15) is 4.79 Å². The first-order valence-electron chi connectivity index (χ1n) is 6.25. The number of carbonyl (C=O) groups is 1. The van der Waals surface area contributed by atoms with E-state index < -0.39 is 0 Å². The molecule has 0 bridgehead atoms. The third-order valence-corrected chi connectivity index (χ3v) is 2.85. The molecule has 1 aromatic heterocycles. The van der Waals surface area contributed by atoms with E-state index in [-0.39, 0.29) is 12.1 Å². The highest BCUT2D eigenvalue weighted by molar-refractivity contribution is 5.74. The summed E-state index contributed by atoms with van der Waals surface area (Å²) in [5.41, 5.74) is 0. The van der Waals surface area contributed by atoms with Crippen LogP contribution < -0.4 is 10.1 Å². The third-order valence-electron chi connectivity index (χ3n) is 2.85. The first-order valence-corrected chi connectivity index (χ1v) is 6.25. The van der Waals surface area contributed by atoms with Gasteiger partial charge in [-0.3, -0.25) is 0 Å². The van der Waals surface area contributed by atoms with Gasteiger partial charge in [0.25, 0.3) is 0 Å². The number of amides is 2. The quantitative estimate of drug-likeness (QED) is 0.775. The molecule has 19 heavy (non-hydrogen) atoms. The first-order chi connectivity index (χ1) is 9.29. The Morgan fingerprint density at radius 3 is 3.26 bits per heavy atom. The molecule has 1 N–H and O–H groups in total. The van der Waals surface area contributed by atoms with Crippen LogP contribution in [-0.2, 0) is 4.74 Å². The highest BCUT2D eigenvalue weighted by Gasteiger charge is 2.27. The standard InChI is InChI=1S/C12H18N4O3/c1-18-8-6-13-12(17)16-7-4-10(9-16)19-11-3-2-5-14-15-11/h2-3,5,10H,4,6-9H2,1H3,(H,13,17). The molecule has 0 spiro atoms. The van der Waals surface area contributed by atoms with Crippen LogP contribution in [0.25, 0.3) is 0 Å². The normalized spacial score (nSPS) is 18.4. The summed E-state index contributed by atoms with van der Waals surface area (Å²) in [5.74, 6) is 0.495. The number of aromatic nitrogens is 2. The molecule has 2 heterocycles. The van der Waals surface area contributed by atoms with Gasteiger partial charge in [-0.15, -0.1) is 5.10 Å². The van der Waals surface area contributed by atoms with Crippen LogP contribution in [0.1, 0.15) is 6.42 Å². The molecule has 7 nitrogen and oxygen atoms in total. The second-order valence-electron chi connectivity index (χ2n) is 4.26. The van der Waals surface area contributed by atoms with Gasteiger partial charge in [-0.2, -0.15) is 5.10 Å². The molecule has 1 aromatic rings. The molecule has 7 heteroatoms. The fraction of sp³-hybridized carbons (Fsp3) is 0.583. The highest BCUT2D eigenvalue weighted by atomic mass is 16.5. The minimum absolute atomic E-state index is 0.0233. The fourth-order valence-electron chi connectivity index (χ4n) is 1.90. The number of ether oxygens (including phenoxy) is 2. The number of nitrogens with zero attached hydrogens (tertiary/aromatic N) is 3. The summed E-state index contributed by atoms with van der Waals surface area (Å²) < 4.78 is 10.5. The van der Waals surface area contributed by atoms with Gasteiger partial charge in [-0.25, -0.2) is 4.79 Å². The number of nitrogens with one attached hydrogen (secondary N) is 1. The van der Waals surface area contributed by atoms with Crippen molar-refractivity contribution >= 4 is 6.03 Å². The molecule has 0 saturated carbocycles. The van der Waals surface area contributed by atoms with Crippen LogP contribution in [0, 0.1) is 0 Å². The Morgan fingerprint density at radius 2 is 2.53 bits per heavy atom. The Balaban J connectivity index is 1.75. The van der Waals surface area contributed by atoms with Gasteiger partial charge in [0.15, 0.2) is 0 Å².